The maximum absolute atomic E-state index is 5.82. The van der Waals surface area contributed by atoms with Gasteiger partial charge in [0.15, 0.2) is 0 Å². The maximum atomic E-state index is 5.82. The molecule has 1 aliphatic rings. The highest BCUT2D eigenvalue weighted by Crippen LogP contribution is 2.26. The fraction of sp³-hybridized carbons (Fsp3) is 0.739. The molecule has 3 heteroatoms. The number of rotatable bonds is 8. The van der Waals surface area contributed by atoms with Gasteiger partial charge in [-0.2, -0.15) is 0 Å². The Balaban J connectivity index is 1.74. The van der Waals surface area contributed by atoms with Gasteiger partial charge in [0, 0.05) is 38.4 Å². The summed E-state index contributed by atoms with van der Waals surface area (Å²) in [6, 6.07) is 9.28. The molecular formula is C23H40N2O. The van der Waals surface area contributed by atoms with Crippen LogP contribution >= 0.6 is 0 Å². The Morgan fingerprint density at radius 3 is 2.12 bits per heavy atom. The predicted octanol–water partition coefficient (Wildman–Crippen LogP) is 5.02. The lowest BCUT2D eigenvalue weighted by atomic mass is 9.92. The number of benzene rings is 1. The average molecular weight is 361 g/mol. The molecule has 0 radical (unpaired) electrons. The van der Waals surface area contributed by atoms with E-state index in [9.17, 15) is 0 Å². The highest BCUT2D eigenvalue weighted by molar-refractivity contribution is 5.48. The van der Waals surface area contributed by atoms with Crippen LogP contribution < -0.4 is 4.90 Å². The predicted molar refractivity (Wildman–Crippen MR) is 113 cm³/mol. The molecule has 0 N–H and O–H groups in total. The lowest BCUT2D eigenvalue weighted by molar-refractivity contribution is 0.0537. The van der Waals surface area contributed by atoms with Crippen molar-refractivity contribution in [2.75, 3.05) is 50.8 Å². The third-order valence-electron chi connectivity index (χ3n) is 5.11. The minimum absolute atomic E-state index is 0.261. The van der Waals surface area contributed by atoms with E-state index >= 15 is 0 Å². The highest BCUT2D eigenvalue weighted by Gasteiger charge is 2.18. The van der Waals surface area contributed by atoms with Crippen molar-refractivity contribution in [2.24, 2.45) is 11.3 Å². The first-order valence-electron chi connectivity index (χ1n) is 10.4. The molecule has 0 saturated carbocycles. The summed E-state index contributed by atoms with van der Waals surface area (Å²) in [4.78, 5) is 5.04. The van der Waals surface area contributed by atoms with Gasteiger partial charge in [-0.05, 0) is 41.4 Å². The Labute approximate surface area is 161 Å². The molecule has 1 fully saturated rings. The van der Waals surface area contributed by atoms with Gasteiger partial charge in [0.2, 0.25) is 0 Å². The minimum Gasteiger partial charge on any atom is -0.380 e. The first-order chi connectivity index (χ1) is 12.2. The van der Waals surface area contributed by atoms with Crippen molar-refractivity contribution in [1.82, 2.24) is 4.90 Å². The van der Waals surface area contributed by atoms with Crippen LogP contribution in [0, 0.1) is 11.3 Å². The standard InChI is InChI=1S/C23H40N2O/c1-19(2)17-20(3)21-7-9-22(10-8-21)25-13-11-24(12-14-25)15-16-26-18-23(4,5)6/h7-10,19-20H,11-18H2,1-6H3. The van der Waals surface area contributed by atoms with Crippen molar-refractivity contribution >= 4 is 5.69 Å². The lowest BCUT2D eigenvalue weighted by Crippen LogP contribution is -2.47. The van der Waals surface area contributed by atoms with E-state index < -0.39 is 0 Å². The molecule has 3 nitrogen and oxygen atoms in total. The second kappa shape index (κ2) is 9.75. The van der Waals surface area contributed by atoms with E-state index in [1.165, 1.54) is 17.7 Å². The first kappa shape index (κ1) is 21.2. The summed E-state index contributed by atoms with van der Waals surface area (Å²) >= 11 is 0. The van der Waals surface area contributed by atoms with E-state index in [1.54, 1.807) is 0 Å². The summed E-state index contributed by atoms with van der Waals surface area (Å²) in [5, 5.41) is 0. The quantitative estimate of drug-likeness (QED) is 0.605. The van der Waals surface area contributed by atoms with Crippen molar-refractivity contribution in [2.45, 2.75) is 53.9 Å². The van der Waals surface area contributed by atoms with Crippen molar-refractivity contribution < 1.29 is 4.74 Å². The Morgan fingerprint density at radius 2 is 1.58 bits per heavy atom. The molecule has 26 heavy (non-hydrogen) atoms. The first-order valence-corrected chi connectivity index (χ1v) is 10.4. The molecule has 1 unspecified atom stereocenters. The number of ether oxygens (including phenoxy) is 1. The molecule has 0 spiro atoms. The fourth-order valence-electron chi connectivity index (χ4n) is 3.66. The summed E-state index contributed by atoms with van der Waals surface area (Å²) in [6.45, 7) is 20.8. The molecule has 0 aromatic heterocycles. The largest absolute Gasteiger partial charge is 0.380 e. The normalized spacial score (nSPS) is 17.7. The van der Waals surface area contributed by atoms with Crippen LogP contribution in [0.2, 0.25) is 0 Å². The summed E-state index contributed by atoms with van der Waals surface area (Å²) in [5.74, 6) is 1.40. The number of anilines is 1. The van der Waals surface area contributed by atoms with Crippen LogP contribution in [0.3, 0.4) is 0 Å². The fourth-order valence-corrected chi connectivity index (χ4v) is 3.66. The van der Waals surface area contributed by atoms with Gasteiger partial charge >= 0.3 is 0 Å². The molecule has 1 aromatic carbocycles. The maximum Gasteiger partial charge on any atom is 0.0593 e. The number of hydrogen-bond acceptors (Lipinski definition) is 3. The van der Waals surface area contributed by atoms with Crippen LogP contribution in [0.1, 0.15) is 59.4 Å². The molecule has 148 valence electrons. The minimum atomic E-state index is 0.261. The van der Waals surface area contributed by atoms with E-state index in [0.717, 1.165) is 51.9 Å². The Bertz CT molecular complexity index is 510. The monoisotopic (exact) mass is 360 g/mol. The smallest absolute Gasteiger partial charge is 0.0593 e. The zero-order valence-electron chi connectivity index (χ0n) is 17.9. The topological polar surface area (TPSA) is 15.7 Å². The van der Waals surface area contributed by atoms with Gasteiger partial charge in [0.1, 0.15) is 0 Å². The van der Waals surface area contributed by atoms with Crippen LogP contribution in [0.15, 0.2) is 24.3 Å². The van der Waals surface area contributed by atoms with Crippen molar-refractivity contribution in [3.63, 3.8) is 0 Å². The van der Waals surface area contributed by atoms with E-state index in [-0.39, 0.29) is 5.41 Å². The number of hydrogen-bond donors (Lipinski definition) is 0. The van der Waals surface area contributed by atoms with Crippen LogP contribution in [0.4, 0.5) is 5.69 Å². The van der Waals surface area contributed by atoms with Gasteiger partial charge in [0.05, 0.1) is 13.2 Å². The second-order valence-corrected chi connectivity index (χ2v) is 9.56. The Hall–Kier alpha value is -1.06. The van der Waals surface area contributed by atoms with Gasteiger partial charge in [-0.25, -0.2) is 0 Å². The van der Waals surface area contributed by atoms with E-state index in [4.69, 9.17) is 4.74 Å². The lowest BCUT2D eigenvalue weighted by Gasteiger charge is -2.36. The molecule has 0 aliphatic carbocycles. The third kappa shape index (κ3) is 7.28. The SMILES string of the molecule is CC(C)CC(C)c1ccc(N2CCN(CCOCC(C)(C)C)CC2)cc1. The number of nitrogens with zero attached hydrogens (tertiary/aromatic N) is 2. The van der Waals surface area contributed by atoms with Crippen molar-refractivity contribution in [3.8, 4) is 0 Å². The zero-order valence-corrected chi connectivity index (χ0v) is 17.9. The van der Waals surface area contributed by atoms with E-state index in [1.807, 2.05) is 0 Å². The van der Waals surface area contributed by atoms with Crippen molar-refractivity contribution in [3.05, 3.63) is 29.8 Å². The molecule has 1 saturated heterocycles. The summed E-state index contributed by atoms with van der Waals surface area (Å²) in [6.07, 6.45) is 1.26. The van der Waals surface area contributed by atoms with E-state index in [0.29, 0.717) is 5.92 Å². The molecule has 1 heterocycles. The van der Waals surface area contributed by atoms with Gasteiger partial charge in [-0.1, -0.05) is 53.7 Å². The van der Waals surface area contributed by atoms with Gasteiger partial charge in [0.25, 0.3) is 0 Å². The van der Waals surface area contributed by atoms with E-state index in [2.05, 4.69) is 75.6 Å². The zero-order chi connectivity index (χ0) is 19.2. The molecule has 1 aromatic rings. The Morgan fingerprint density at radius 1 is 0.962 bits per heavy atom. The molecular weight excluding hydrogens is 320 g/mol. The third-order valence-corrected chi connectivity index (χ3v) is 5.11. The molecule has 2 rings (SSSR count). The molecule has 1 aliphatic heterocycles. The van der Waals surface area contributed by atoms with Gasteiger partial charge in [-0.3, -0.25) is 4.90 Å². The van der Waals surface area contributed by atoms with Gasteiger partial charge < -0.3 is 9.64 Å². The van der Waals surface area contributed by atoms with Crippen LogP contribution in [-0.4, -0.2) is 50.8 Å². The molecule has 0 bridgehead atoms. The number of piperazine rings is 1. The van der Waals surface area contributed by atoms with Crippen LogP contribution in [0.25, 0.3) is 0 Å². The van der Waals surface area contributed by atoms with Crippen LogP contribution in [0.5, 0.6) is 0 Å². The van der Waals surface area contributed by atoms with Crippen molar-refractivity contribution in [1.29, 1.82) is 0 Å². The summed E-state index contributed by atoms with van der Waals surface area (Å²) < 4.78 is 5.82. The molecule has 0 amide bonds. The van der Waals surface area contributed by atoms with Gasteiger partial charge in [-0.15, -0.1) is 0 Å². The highest BCUT2D eigenvalue weighted by atomic mass is 16.5. The average Bonchev–Trinajstić information content (AvgIpc) is 2.58. The molecule has 1 atom stereocenters. The summed E-state index contributed by atoms with van der Waals surface area (Å²) in [7, 11) is 0. The van der Waals surface area contributed by atoms with Crippen LogP contribution in [-0.2, 0) is 4.74 Å². The Kier molecular flexibility index (Phi) is 7.97. The second-order valence-electron chi connectivity index (χ2n) is 9.56. The summed E-state index contributed by atoms with van der Waals surface area (Å²) in [5.41, 5.74) is 3.10.